The molecule has 1 amide bonds. The number of nitrogens with zero attached hydrogens (tertiary/aromatic N) is 1. The maximum Gasteiger partial charge on any atom is 0.270 e. The van der Waals surface area contributed by atoms with Crippen molar-refractivity contribution in [2.45, 2.75) is 19.1 Å². The molecule has 0 fully saturated rings. The Labute approximate surface area is 187 Å². The van der Waals surface area contributed by atoms with Crippen molar-refractivity contribution in [3.63, 3.8) is 0 Å². The van der Waals surface area contributed by atoms with Gasteiger partial charge in [0.15, 0.2) is 11.6 Å². The van der Waals surface area contributed by atoms with Crippen molar-refractivity contribution in [1.82, 2.24) is 14.9 Å². The smallest absolute Gasteiger partial charge is 0.270 e. The molecule has 5 rings (SSSR count). The zero-order valence-corrected chi connectivity index (χ0v) is 17.5. The van der Waals surface area contributed by atoms with Crippen LogP contribution in [0.25, 0.3) is 21.7 Å². The van der Waals surface area contributed by atoms with Crippen molar-refractivity contribution in [1.29, 1.82) is 0 Å². The monoisotopic (exact) mass is 477 g/mol. The van der Waals surface area contributed by atoms with Crippen molar-refractivity contribution in [2.75, 3.05) is 13.7 Å². The number of carbonyl (C=O) groups excluding carboxylic acids is 1. The minimum absolute atomic E-state index is 0.000713. The lowest BCUT2D eigenvalue weighted by Gasteiger charge is -2.33. The average molecular weight is 477 g/mol. The molecule has 0 bridgehead atoms. The number of alkyl halides is 2. The van der Waals surface area contributed by atoms with Crippen LogP contribution in [-0.4, -0.2) is 34.4 Å². The first-order valence-electron chi connectivity index (χ1n) is 10.1. The van der Waals surface area contributed by atoms with Gasteiger partial charge in [0.05, 0.1) is 24.6 Å². The second-order valence-corrected chi connectivity index (χ2v) is 8.05. The molecule has 2 aromatic carbocycles. The van der Waals surface area contributed by atoms with E-state index in [0.29, 0.717) is 17.3 Å². The number of benzene rings is 2. The van der Waals surface area contributed by atoms with Gasteiger partial charge >= 0.3 is 0 Å². The summed E-state index contributed by atoms with van der Waals surface area (Å²) in [6.07, 6.45) is -2.95. The molecule has 1 aliphatic heterocycles. The number of hydrogen-bond acceptors (Lipinski definition) is 3. The van der Waals surface area contributed by atoms with Gasteiger partial charge in [-0.05, 0) is 35.7 Å². The topological polar surface area (TPSA) is 78.2 Å². The number of carbonyl (C=O) groups is 1. The number of fused-ring (bicyclic) bond motifs is 4. The number of ether oxygens (including phenoxy) is 1. The molecule has 1 aliphatic rings. The summed E-state index contributed by atoms with van der Waals surface area (Å²) < 4.78 is 73.9. The number of hydrogen-bond donors (Lipinski definition) is 2. The Kier molecular flexibility index (Phi) is 5.16. The Hall–Kier alpha value is -3.73. The SMILES string of the molecule is CN(C(=O)c1cc2c(C(F)F)cc(F)cc2[nH]1)[C@@H]1COCc2[nH]c(=O)c3cc(F)c(F)cc3c21. The van der Waals surface area contributed by atoms with Gasteiger partial charge in [0.2, 0.25) is 0 Å². The third-order valence-corrected chi connectivity index (χ3v) is 6.03. The number of nitrogens with one attached hydrogen (secondary N) is 2. The first kappa shape index (κ1) is 22.1. The molecule has 0 unspecified atom stereocenters. The summed E-state index contributed by atoms with van der Waals surface area (Å²) in [4.78, 5) is 32.1. The van der Waals surface area contributed by atoms with Crippen molar-refractivity contribution in [3.05, 3.63) is 80.7 Å². The van der Waals surface area contributed by atoms with Crippen LogP contribution in [0, 0.1) is 17.5 Å². The zero-order chi connectivity index (χ0) is 24.3. The highest BCUT2D eigenvalue weighted by atomic mass is 19.3. The molecule has 1 atom stereocenters. The number of halogens is 5. The van der Waals surface area contributed by atoms with Gasteiger partial charge in [0, 0.05) is 34.8 Å². The fourth-order valence-corrected chi connectivity index (χ4v) is 4.40. The van der Waals surface area contributed by atoms with E-state index in [1.807, 2.05) is 0 Å². The lowest BCUT2D eigenvalue weighted by atomic mass is 9.95. The predicted molar refractivity (Wildman–Crippen MR) is 112 cm³/mol. The van der Waals surface area contributed by atoms with E-state index in [4.69, 9.17) is 4.74 Å². The van der Waals surface area contributed by atoms with Gasteiger partial charge in [-0.2, -0.15) is 0 Å². The Morgan fingerprint density at radius 2 is 1.74 bits per heavy atom. The van der Waals surface area contributed by atoms with E-state index in [9.17, 15) is 31.5 Å². The van der Waals surface area contributed by atoms with Gasteiger partial charge in [-0.3, -0.25) is 9.59 Å². The molecule has 2 aromatic heterocycles. The average Bonchev–Trinajstić information content (AvgIpc) is 3.22. The Morgan fingerprint density at radius 1 is 1.03 bits per heavy atom. The van der Waals surface area contributed by atoms with E-state index in [1.165, 1.54) is 18.0 Å². The lowest BCUT2D eigenvalue weighted by Crippen LogP contribution is -2.37. The molecule has 0 aliphatic carbocycles. The van der Waals surface area contributed by atoms with E-state index >= 15 is 0 Å². The third kappa shape index (κ3) is 3.43. The number of rotatable bonds is 3. The minimum atomic E-state index is -2.95. The third-order valence-electron chi connectivity index (χ3n) is 6.03. The second-order valence-electron chi connectivity index (χ2n) is 8.05. The number of H-pyrrole nitrogens is 2. The maximum atomic E-state index is 14.1. The van der Waals surface area contributed by atoms with Crippen LogP contribution in [0.4, 0.5) is 22.0 Å². The van der Waals surface area contributed by atoms with Crippen LogP contribution in [-0.2, 0) is 11.3 Å². The zero-order valence-electron chi connectivity index (χ0n) is 17.5. The molecule has 34 heavy (non-hydrogen) atoms. The van der Waals surface area contributed by atoms with Gasteiger partial charge < -0.3 is 19.6 Å². The van der Waals surface area contributed by atoms with E-state index in [1.54, 1.807) is 0 Å². The molecule has 0 radical (unpaired) electrons. The minimum Gasteiger partial charge on any atom is -0.373 e. The first-order valence-corrected chi connectivity index (χ1v) is 10.1. The number of aromatic nitrogens is 2. The van der Waals surface area contributed by atoms with Gasteiger partial charge in [-0.15, -0.1) is 0 Å². The molecule has 11 heteroatoms. The molecule has 0 spiro atoms. The summed E-state index contributed by atoms with van der Waals surface area (Å²) in [5.74, 6) is -3.86. The van der Waals surface area contributed by atoms with Crippen molar-refractivity contribution in [2.24, 2.45) is 0 Å². The summed E-state index contributed by atoms with van der Waals surface area (Å²) in [5, 5.41) is 0.0399. The van der Waals surface area contributed by atoms with Gasteiger partial charge in [-0.25, -0.2) is 22.0 Å². The number of amides is 1. The highest BCUT2D eigenvalue weighted by Crippen LogP contribution is 2.35. The van der Waals surface area contributed by atoms with Crippen molar-refractivity contribution < 1.29 is 31.5 Å². The highest BCUT2D eigenvalue weighted by molar-refractivity contribution is 5.99. The fraction of sp³-hybridized carbons (Fsp3) is 0.217. The molecule has 4 aromatic rings. The van der Waals surface area contributed by atoms with Crippen LogP contribution in [0.5, 0.6) is 0 Å². The van der Waals surface area contributed by atoms with Crippen LogP contribution in [0.15, 0.2) is 35.1 Å². The fourth-order valence-electron chi connectivity index (χ4n) is 4.40. The van der Waals surface area contributed by atoms with Crippen LogP contribution in [0.3, 0.4) is 0 Å². The summed E-state index contributed by atoms with van der Waals surface area (Å²) in [5.41, 5.74) is -0.560. The second kappa shape index (κ2) is 7.94. The number of likely N-dealkylation sites (N-methyl/N-ethyl adjacent to an activating group) is 1. The standard InChI is InChI=1S/C23H16F5N3O3/c1-31(23(33)17-6-10-12(21(27)28)2-9(24)3-16(10)29-17)19-8-34-7-18-20(19)11-4-14(25)15(26)5-13(11)22(32)30-18/h2-6,19,21,29H,7-8H2,1H3,(H,30,32)/t19-/m1/s1. The van der Waals surface area contributed by atoms with E-state index in [2.05, 4.69) is 9.97 Å². The maximum absolute atomic E-state index is 14.1. The summed E-state index contributed by atoms with van der Waals surface area (Å²) in [7, 11) is 1.42. The molecular formula is C23H16F5N3O3. The van der Waals surface area contributed by atoms with Gasteiger partial charge in [0.1, 0.15) is 11.5 Å². The summed E-state index contributed by atoms with van der Waals surface area (Å²) in [6, 6.07) is 3.79. The highest BCUT2D eigenvalue weighted by Gasteiger charge is 2.32. The molecule has 3 heterocycles. The van der Waals surface area contributed by atoms with Crippen molar-refractivity contribution >= 4 is 27.6 Å². The molecule has 2 N–H and O–H groups in total. The number of pyridine rings is 1. The Balaban J connectivity index is 1.61. The number of aromatic amines is 2. The van der Waals surface area contributed by atoms with E-state index in [0.717, 1.165) is 18.2 Å². The lowest BCUT2D eigenvalue weighted by molar-refractivity contribution is 0.0333. The normalized spacial score (nSPS) is 15.8. The van der Waals surface area contributed by atoms with E-state index in [-0.39, 0.29) is 40.6 Å². The van der Waals surface area contributed by atoms with Gasteiger partial charge in [-0.1, -0.05) is 0 Å². The first-order chi connectivity index (χ1) is 16.2. The van der Waals surface area contributed by atoms with Crippen LogP contribution in [0.1, 0.15) is 39.8 Å². The Morgan fingerprint density at radius 3 is 2.44 bits per heavy atom. The predicted octanol–water partition coefficient (Wildman–Crippen LogP) is 4.71. The molecule has 176 valence electrons. The quantitative estimate of drug-likeness (QED) is 0.420. The van der Waals surface area contributed by atoms with Crippen LogP contribution < -0.4 is 5.56 Å². The molecule has 6 nitrogen and oxygen atoms in total. The summed E-state index contributed by atoms with van der Waals surface area (Å²) >= 11 is 0. The molecule has 0 saturated carbocycles. The molecular weight excluding hydrogens is 461 g/mol. The summed E-state index contributed by atoms with van der Waals surface area (Å²) in [6.45, 7) is -0.0338. The van der Waals surface area contributed by atoms with Crippen LogP contribution >= 0.6 is 0 Å². The van der Waals surface area contributed by atoms with E-state index < -0.39 is 46.9 Å². The Bertz CT molecular complexity index is 1530. The largest absolute Gasteiger partial charge is 0.373 e. The van der Waals surface area contributed by atoms with Crippen molar-refractivity contribution in [3.8, 4) is 0 Å². The van der Waals surface area contributed by atoms with Crippen LogP contribution in [0.2, 0.25) is 0 Å². The molecule has 0 saturated heterocycles. The van der Waals surface area contributed by atoms with Gasteiger partial charge in [0.25, 0.3) is 17.9 Å².